The molecule has 0 saturated carbocycles. The van der Waals surface area contributed by atoms with Crippen molar-refractivity contribution in [2.75, 3.05) is 0 Å². The number of rotatable bonds is 6. The highest BCUT2D eigenvalue weighted by molar-refractivity contribution is 5.19. The number of nitrogens with zero attached hydrogens (tertiary/aromatic N) is 1. The first-order chi connectivity index (χ1) is 7.74. The van der Waals surface area contributed by atoms with E-state index < -0.39 is 0 Å². The van der Waals surface area contributed by atoms with Gasteiger partial charge >= 0.3 is 0 Å². The first kappa shape index (κ1) is 12.8. The molecule has 0 fully saturated rings. The summed E-state index contributed by atoms with van der Waals surface area (Å²) in [5.74, 6) is 2.17. The van der Waals surface area contributed by atoms with Crippen molar-refractivity contribution in [1.29, 1.82) is 5.26 Å². The molecule has 0 unspecified atom stereocenters. The minimum Gasteiger partial charge on any atom is -0.198 e. The number of hydrogen-bond donors (Lipinski definition) is 0. The molecule has 1 aromatic carbocycles. The molecule has 16 heavy (non-hydrogen) atoms. The van der Waals surface area contributed by atoms with Crippen LogP contribution in [0.3, 0.4) is 0 Å². The third kappa shape index (κ3) is 4.49. The number of nitriles is 1. The zero-order valence-corrected chi connectivity index (χ0v) is 10.2. The van der Waals surface area contributed by atoms with Crippen molar-refractivity contribution in [2.45, 2.75) is 39.5 Å². The van der Waals surface area contributed by atoms with E-state index in [4.69, 9.17) is 5.26 Å². The summed E-state index contributed by atoms with van der Waals surface area (Å²) in [7, 11) is 0. The lowest BCUT2D eigenvalue weighted by molar-refractivity contribution is 0.560. The van der Waals surface area contributed by atoms with Crippen molar-refractivity contribution in [3.8, 4) is 6.07 Å². The molecule has 1 nitrogen and oxygen atoms in total. The van der Waals surface area contributed by atoms with E-state index in [0.717, 1.165) is 19.3 Å². The van der Waals surface area contributed by atoms with Crippen molar-refractivity contribution < 1.29 is 0 Å². The molecule has 1 radical (unpaired) electrons. The van der Waals surface area contributed by atoms with Gasteiger partial charge < -0.3 is 0 Å². The van der Waals surface area contributed by atoms with Gasteiger partial charge in [0.25, 0.3) is 0 Å². The lowest BCUT2D eigenvalue weighted by atomic mass is 9.85. The third-order valence-electron chi connectivity index (χ3n) is 2.88. The zero-order valence-electron chi connectivity index (χ0n) is 10.2. The van der Waals surface area contributed by atoms with Crippen LogP contribution >= 0.6 is 0 Å². The van der Waals surface area contributed by atoms with E-state index in [0.29, 0.717) is 12.3 Å². The van der Waals surface area contributed by atoms with Crippen LogP contribution in [0, 0.1) is 23.2 Å². The molecule has 1 aromatic rings. The van der Waals surface area contributed by atoms with Crippen LogP contribution in [-0.4, -0.2) is 0 Å². The summed E-state index contributed by atoms with van der Waals surface area (Å²) >= 11 is 0. The smallest absolute Gasteiger partial charge is 0.0621 e. The van der Waals surface area contributed by atoms with E-state index in [2.05, 4.69) is 44.2 Å². The largest absolute Gasteiger partial charge is 0.198 e. The molecule has 0 amide bonds. The van der Waals surface area contributed by atoms with Crippen molar-refractivity contribution >= 4 is 0 Å². The predicted molar refractivity (Wildman–Crippen MR) is 67.7 cm³/mol. The Balaban J connectivity index is 2.49. The van der Waals surface area contributed by atoms with Crippen LogP contribution in [0.1, 0.15) is 38.7 Å². The van der Waals surface area contributed by atoms with E-state index in [-0.39, 0.29) is 0 Å². The maximum absolute atomic E-state index is 8.55. The second-order valence-electron chi connectivity index (χ2n) is 4.49. The number of benzene rings is 1. The normalized spacial score (nSPS) is 10.7. The first-order valence-corrected chi connectivity index (χ1v) is 5.99. The summed E-state index contributed by atoms with van der Waals surface area (Å²) < 4.78 is 0. The van der Waals surface area contributed by atoms with Crippen LogP contribution in [0.25, 0.3) is 0 Å². The van der Waals surface area contributed by atoms with Crippen molar-refractivity contribution in [2.24, 2.45) is 5.92 Å². The van der Waals surface area contributed by atoms with Gasteiger partial charge in [0.05, 0.1) is 6.07 Å². The van der Waals surface area contributed by atoms with E-state index in [1.165, 1.54) is 5.56 Å². The van der Waals surface area contributed by atoms with Crippen LogP contribution in [0.4, 0.5) is 0 Å². The van der Waals surface area contributed by atoms with Crippen molar-refractivity contribution in [3.05, 3.63) is 41.8 Å². The van der Waals surface area contributed by atoms with Crippen LogP contribution < -0.4 is 0 Å². The van der Waals surface area contributed by atoms with Gasteiger partial charge in [-0.1, -0.05) is 44.2 Å². The van der Waals surface area contributed by atoms with Gasteiger partial charge in [-0.05, 0) is 36.7 Å². The zero-order chi connectivity index (χ0) is 11.8. The topological polar surface area (TPSA) is 23.8 Å². The first-order valence-electron chi connectivity index (χ1n) is 5.99. The summed E-state index contributed by atoms with van der Waals surface area (Å²) in [6.07, 6.45) is 3.81. The molecule has 0 saturated heterocycles. The summed E-state index contributed by atoms with van der Waals surface area (Å²) in [6.45, 7) is 4.48. The molecule has 1 rings (SSSR count). The monoisotopic (exact) mass is 214 g/mol. The molecule has 0 spiro atoms. The second kappa shape index (κ2) is 7.06. The summed E-state index contributed by atoms with van der Waals surface area (Å²) in [4.78, 5) is 0. The quantitative estimate of drug-likeness (QED) is 0.652. The van der Waals surface area contributed by atoms with Gasteiger partial charge in [0.15, 0.2) is 0 Å². The number of hydrogen-bond acceptors (Lipinski definition) is 1. The highest BCUT2D eigenvalue weighted by atomic mass is 14.2. The molecule has 0 aliphatic heterocycles. The summed E-state index contributed by atoms with van der Waals surface area (Å²) in [5.41, 5.74) is 1.38. The average molecular weight is 214 g/mol. The molecule has 0 N–H and O–H groups in total. The molecule has 0 aliphatic rings. The highest BCUT2D eigenvalue weighted by Crippen LogP contribution is 2.24. The van der Waals surface area contributed by atoms with Crippen molar-refractivity contribution in [1.82, 2.24) is 0 Å². The number of unbranched alkanes of at least 4 members (excludes halogenated alkanes) is 1. The van der Waals surface area contributed by atoms with Gasteiger partial charge in [0.2, 0.25) is 0 Å². The molecular formula is C15H20N. The Bertz CT molecular complexity index is 321. The highest BCUT2D eigenvalue weighted by Gasteiger charge is 2.14. The lowest BCUT2D eigenvalue weighted by Crippen LogP contribution is -2.09. The van der Waals surface area contributed by atoms with Crippen molar-refractivity contribution in [3.63, 3.8) is 0 Å². The standard InChI is InChI=1S/C15H20N/c1-13(2)15(10-6-7-11-16)12-14-8-4-3-5-9-14/h3-5,8-9,13H,6-7,10,12H2,1-2H3. The minimum absolute atomic E-state index is 0.610. The van der Waals surface area contributed by atoms with Gasteiger partial charge in [0, 0.05) is 6.42 Å². The van der Waals surface area contributed by atoms with Gasteiger partial charge in [-0.15, -0.1) is 0 Å². The molecule has 1 heteroatoms. The fraction of sp³-hybridized carbons (Fsp3) is 0.467. The fourth-order valence-corrected chi connectivity index (χ4v) is 1.83. The Labute approximate surface area is 99.1 Å². The maximum Gasteiger partial charge on any atom is 0.0621 e. The molecule has 0 bridgehead atoms. The Morgan fingerprint density at radius 2 is 1.94 bits per heavy atom. The molecule has 0 aliphatic carbocycles. The summed E-state index contributed by atoms with van der Waals surface area (Å²) in [6, 6.07) is 12.8. The Morgan fingerprint density at radius 1 is 1.25 bits per heavy atom. The Morgan fingerprint density at radius 3 is 2.50 bits per heavy atom. The van der Waals surface area contributed by atoms with Gasteiger partial charge in [-0.25, -0.2) is 0 Å². The SMILES string of the molecule is CC(C)[C](CCCC#N)Cc1ccccc1. The third-order valence-corrected chi connectivity index (χ3v) is 2.88. The molecule has 0 aromatic heterocycles. The van der Waals surface area contributed by atoms with Crippen LogP contribution in [-0.2, 0) is 6.42 Å². The fourth-order valence-electron chi connectivity index (χ4n) is 1.83. The molecule has 0 heterocycles. The van der Waals surface area contributed by atoms with Crippen LogP contribution in [0.15, 0.2) is 30.3 Å². The predicted octanol–water partition coefficient (Wildman–Crippen LogP) is 4.15. The van der Waals surface area contributed by atoms with E-state index in [1.54, 1.807) is 5.92 Å². The van der Waals surface area contributed by atoms with Gasteiger partial charge in [-0.3, -0.25) is 0 Å². The minimum atomic E-state index is 0.610. The average Bonchev–Trinajstić information content (AvgIpc) is 2.29. The molecule has 0 atom stereocenters. The Hall–Kier alpha value is -1.29. The van der Waals surface area contributed by atoms with Gasteiger partial charge in [0.1, 0.15) is 0 Å². The van der Waals surface area contributed by atoms with E-state index in [9.17, 15) is 0 Å². The van der Waals surface area contributed by atoms with Gasteiger partial charge in [-0.2, -0.15) is 5.26 Å². The molecule has 85 valence electrons. The van der Waals surface area contributed by atoms with E-state index in [1.807, 2.05) is 6.07 Å². The lowest BCUT2D eigenvalue weighted by Gasteiger charge is -2.19. The van der Waals surface area contributed by atoms with E-state index >= 15 is 0 Å². The van der Waals surface area contributed by atoms with Crippen LogP contribution in [0.5, 0.6) is 0 Å². The molecular weight excluding hydrogens is 194 g/mol. The van der Waals surface area contributed by atoms with Crippen LogP contribution in [0.2, 0.25) is 0 Å². The Kier molecular flexibility index (Phi) is 5.64. The second-order valence-corrected chi connectivity index (χ2v) is 4.49. The summed E-state index contributed by atoms with van der Waals surface area (Å²) in [5, 5.41) is 8.55. The maximum atomic E-state index is 8.55.